The number of aryl methyl sites for hydroxylation is 1. The fourth-order valence-corrected chi connectivity index (χ4v) is 4.62. The molecule has 150 valence electrons. The predicted octanol–water partition coefficient (Wildman–Crippen LogP) is 3.50. The van der Waals surface area contributed by atoms with Crippen molar-refractivity contribution in [3.05, 3.63) is 35.9 Å². The zero-order chi connectivity index (χ0) is 20.3. The lowest BCUT2D eigenvalue weighted by Crippen LogP contribution is -2.40. The number of aliphatic hydroxyl groups excluding tert-OH is 3. The topological polar surface area (TPSA) is 98.5 Å². The minimum Gasteiger partial charge on any atom is -0.396 e. The number of para-hydroxylation sites is 1. The van der Waals surface area contributed by atoms with Crippen LogP contribution in [0, 0.1) is 12.8 Å². The molecule has 0 amide bonds. The van der Waals surface area contributed by atoms with E-state index in [9.17, 15) is 15.3 Å². The molecule has 0 bridgehead atoms. The van der Waals surface area contributed by atoms with Gasteiger partial charge in [0, 0.05) is 12.5 Å². The molecule has 3 atom stereocenters. The average molecular weight is 420 g/mol. The number of thiazole rings is 1. The molecule has 0 unspecified atom stereocenters. The summed E-state index contributed by atoms with van der Waals surface area (Å²) in [7, 11) is 0. The van der Waals surface area contributed by atoms with E-state index < -0.39 is 18.2 Å². The van der Waals surface area contributed by atoms with Crippen molar-refractivity contribution >= 4 is 39.1 Å². The highest BCUT2D eigenvalue weighted by Crippen LogP contribution is 2.37. The van der Waals surface area contributed by atoms with E-state index in [4.69, 9.17) is 4.98 Å². The van der Waals surface area contributed by atoms with Gasteiger partial charge in [-0.25, -0.2) is 9.97 Å². The molecular formula is C20H25N3O3S2. The summed E-state index contributed by atoms with van der Waals surface area (Å²) in [6.45, 7) is 3.65. The molecule has 0 spiro atoms. The first-order valence-electron chi connectivity index (χ1n) is 9.13. The molecule has 0 aliphatic carbocycles. The highest BCUT2D eigenvalue weighted by Gasteiger charge is 2.26. The number of fused-ring (bicyclic) bond motifs is 1. The summed E-state index contributed by atoms with van der Waals surface area (Å²) < 4.78 is 1.07. The Hall–Kier alpha value is -1.71. The molecule has 3 rings (SSSR count). The molecular weight excluding hydrogens is 394 g/mol. The van der Waals surface area contributed by atoms with Gasteiger partial charge in [-0.15, -0.1) is 23.1 Å². The van der Waals surface area contributed by atoms with Crippen molar-refractivity contribution in [2.75, 3.05) is 18.2 Å². The largest absolute Gasteiger partial charge is 0.396 e. The number of rotatable bonds is 8. The normalized spacial score (nSPS) is 14.8. The number of aromatic nitrogens is 2. The number of anilines is 1. The molecule has 4 N–H and O–H groups in total. The van der Waals surface area contributed by atoms with Crippen LogP contribution in [-0.4, -0.2) is 50.5 Å². The summed E-state index contributed by atoms with van der Waals surface area (Å²) in [6, 6.07) is 9.90. The quantitative estimate of drug-likeness (QED) is 0.328. The molecule has 0 aliphatic heterocycles. The maximum absolute atomic E-state index is 10.5. The number of pyridine rings is 1. The Morgan fingerprint density at radius 2 is 1.96 bits per heavy atom. The third-order valence-corrected chi connectivity index (χ3v) is 6.44. The first-order valence-corrected chi connectivity index (χ1v) is 11.2. The number of nitrogens with one attached hydrogen (secondary N) is 1. The SMILES string of the molecule is CC[C@H](CO)[C@@H](O)[C@@H](O)Nc1nc(SC)cc(C)c1-c1nc2ccccc2s1. The fraction of sp³-hybridized carbons (Fsp3) is 0.400. The zero-order valence-corrected chi connectivity index (χ0v) is 17.7. The molecule has 0 fully saturated rings. The Bertz CT molecular complexity index is 911. The van der Waals surface area contributed by atoms with Gasteiger partial charge in [0.1, 0.15) is 16.9 Å². The Morgan fingerprint density at radius 1 is 1.21 bits per heavy atom. The Labute approximate surface area is 172 Å². The van der Waals surface area contributed by atoms with E-state index in [0.29, 0.717) is 12.2 Å². The summed E-state index contributed by atoms with van der Waals surface area (Å²) in [5, 5.41) is 34.9. The van der Waals surface area contributed by atoms with Gasteiger partial charge in [0.05, 0.1) is 20.8 Å². The second kappa shape index (κ2) is 9.19. The van der Waals surface area contributed by atoms with Crippen molar-refractivity contribution < 1.29 is 15.3 Å². The number of thioether (sulfide) groups is 1. The van der Waals surface area contributed by atoms with Crippen molar-refractivity contribution in [2.24, 2.45) is 5.92 Å². The summed E-state index contributed by atoms with van der Waals surface area (Å²) in [5.41, 5.74) is 2.70. The van der Waals surface area contributed by atoms with Gasteiger partial charge in [-0.3, -0.25) is 0 Å². The molecule has 28 heavy (non-hydrogen) atoms. The van der Waals surface area contributed by atoms with E-state index in [1.54, 1.807) is 11.3 Å². The van der Waals surface area contributed by atoms with Gasteiger partial charge in [0.15, 0.2) is 6.23 Å². The third kappa shape index (κ3) is 4.31. The standard InChI is InChI=1S/C20H25N3O3S2/c1-4-12(10-24)17(25)19(26)23-18-16(11(2)9-15(22-18)27-3)20-21-13-7-5-6-8-14(13)28-20/h5-9,12,17,19,24-26H,4,10H2,1-3H3,(H,22,23)/t12-,17-,19-/m1/s1. The van der Waals surface area contributed by atoms with Gasteiger partial charge in [-0.05, 0) is 43.4 Å². The summed E-state index contributed by atoms with van der Waals surface area (Å²) in [6.07, 6.45) is 0.124. The van der Waals surface area contributed by atoms with Gasteiger partial charge in [0.2, 0.25) is 0 Å². The third-order valence-electron chi connectivity index (χ3n) is 4.76. The number of nitrogens with zero attached hydrogens (tertiary/aromatic N) is 2. The fourth-order valence-electron chi connectivity index (χ4n) is 3.06. The van der Waals surface area contributed by atoms with Crippen LogP contribution in [0.5, 0.6) is 0 Å². The van der Waals surface area contributed by atoms with Crippen LogP contribution in [0.4, 0.5) is 5.82 Å². The van der Waals surface area contributed by atoms with E-state index in [1.165, 1.54) is 11.8 Å². The molecule has 1 aromatic carbocycles. The highest BCUT2D eigenvalue weighted by molar-refractivity contribution is 7.98. The molecule has 2 aromatic heterocycles. The minimum atomic E-state index is -1.26. The molecule has 0 aliphatic rings. The molecule has 2 heterocycles. The highest BCUT2D eigenvalue weighted by atomic mass is 32.2. The smallest absolute Gasteiger partial charge is 0.152 e. The van der Waals surface area contributed by atoms with Crippen molar-refractivity contribution in [3.63, 3.8) is 0 Å². The number of aliphatic hydroxyl groups is 3. The van der Waals surface area contributed by atoms with Crippen LogP contribution >= 0.6 is 23.1 Å². The van der Waals surface area contributed by atoms with Crippen LogP contribution in [0.2, 0.25) is 0 Å². The second-order valence-corrected chi connectivity index (χ2v) is 8.48. The summed E-state index contributed by atoms with van der Waals surface area (Å²) >= 11 is 3.07. The lowest BCUT2D eigenvalue weighted by atomic mass is 9.99. The second-order valence-electron chi connectivity index (χ2n) is 6.62. The number of hydrogen-bond acceptors (Lipinski definition) is 8. The van der Waals surface area contributed by atoms with E-state index in [1.807, 2.05) is 50.4 Å². The van der Waals surface area contributed by atoms with Gasteiger partial charge in [-0.2, -0.15) is 0 Å². The zero-order valence-electron chi connectivity index (χ0n) is 16.1. The van der Waals surface area contributed by atoms with Crippen LogP contribution in [0.25, 0.3) is 20.8 Å². The van der Waals surface area contributed by atoms with Crippen LogP contribution in [-0.2, 0) is 0 Å². The maximum Gasteiger partial charge on any atom is 0.152 e. The van der Waals surface area contributed by atoms with Crippen molar-refractivity contribution in [2.45, 2.75) is 37.6 Å². The van der Waals surface area contributed by atoms with E-state index >= 15 is 0 Å². The monoisotopic (exact) mass is 419 g/mol. The molecule has 6 nitrogen and oxygen atoms in total. The van der Waals surface area contributed by atoms with Crippen LogP contribution in [0.15, 0.2) is 35.4 Å². The summed E-state index contributed by atoms with van der Waals surface area (Å²) in [4.78, 5) is 9.34. The van der Waals surface area contributed by atoms with Gasteiger partial charge in [-0.1, -0.05) is 19.1 Å². The van der Waals surface area contributed by atoms with Crippen molar-refractivity contribution in [1.29, 1.82) is 0 Å². The van der Waals surface area contributed by atoms with E-state index in [-0.39, 0.29) is 6.61 Å². The van der Waals surface area contributed by atoms with E-state index in [2.05, 4.69) is 10.3 Å². The molecule has 0 radical (unpaired) electrons. The lowest BCUT2D eigenvalue weighted by molar-refractivity contribution is -0.0203. The Morgan fingerprint density at radius 3 is 2.61 bits per heavy atom. The Kier molecular flexibility index (Phi) is 6.90. The number of hydrogen-bond donors (Lipinski definition) is 4. The molecule has 0 saturated heterocycles. The average Bonchev–Trinajstić information content (AvgIpc) is 3.11. The summed E-state index contributed by atoms with van der Waals surface area (Å²) in [5.74, 6) is 0.0565. The van der Waals surface area contributed by atoms with Crippen LogP contribution in [0.1, 0.15) is 18.9 Å². The number of benzene rings is 1. The van der Waals surface area contributed by atoms with E-state index in [0.717, 1.165) is 31.4 Å². The van der Waals surface area contributed by atoms with Crippen molar-refractivity contribution in [1.82, 2.24) is 9.97 Å². The minimum absolute atomic E-state index is 0.196. The molecule has 0 saturated carbocycles. The Balaban J connectivity index is 2.03. The van der Waals surface area contributed by atoms with Crippen molar-refractivity contribution in [3.8, 4) is 10.6 Å². The maximum atomic E-state index is 10.5. The molecule has 3 aromatic rings. The van der Waals surface area contributed by atoms with Crippen LogP contribution in [0.3, 0.4) is 0 Å². The molecule has 8 heteroatoms. The predicted molar refractivity (Wildman–Crippen MR) is 116 cm³/mol. The first-order chi connectivity index (χ1) is 13.5. The first kappa shape index (κ1) is 21.0. The van der Waals surface area contributed by atoms with Gasteiger partial charge < -0.3 is 20.6 Å². The van der Waals surface area contributed by atoms with Gasteiger partial charge >= 0.3 is 0 Å². The van der Waals surface area contributed by atoms with Gasteiger partial charge in [0.25, 0.3) is 0 Å². The lowest BCUT2D eigenvalue weighted by Gasteiger charge is -2.26. The van der Waals surface area contributed by atoms with Crippen LogP contribution < -0.4 is 5.32 Å².